The third-order valence-electron chi connectivity index (χ3n) is 5.06. The van der Waals surface area contributed by atoms with Crippen LogP contribution in [-0.4, -0.2) is 39.3 Å². The summed E-state index contributed by atoms with van der Waals surface area (Å²) in [5.41, 5.74) is 3.56. The van der Waals surface area contributed by atoms with E-state index in [2.05, 4.69) is 36.1 Å². The number of rotatable bonds is 6. The molecule has 2 aromatic carbocycles. The summed E-state index contributed by atoms with van der Waals surface area (Å²) < 4.78 is 16.4. The zero-order valence-electron chi connectivity index (χ0n) is 15.5. The summed E-state index contributed by atoms with van der Waals surface area (Å²) in [6, 6.07) is 13.2. The van der Waals surface area contributed by atoms with Crippen molar-refractivity contribution in [3.63, 3.8) is 0 Å². The molecule has 1 fully saturated rings. The zero-order valence-corrected chi connectivity index (χ0v) is 15.5. The smallest absolute Gasteiger partial charge is 0.203 e. The molecular weight excluding hydrogens is 314 g/mol. The summed E-state index contributed by atoms with van der Waals surface area (Å²) in [5, 5.41) is 0. The van der Waals surface area contributed by atoms with Crippen LogP contribution in [0, 0.1) is 0 Å². The van der Waals surface area contributed by atoms with Crippen molar-refractivity contribution in [2.45, 2.75) is 25.8 Å². The Kier molecular flexibility index (Phi) is 5.49. The number of likely N-dealkylation sites (tertiary alicyclic amines) is 1. The van der Waals surface area contributed by atoms with Crippen LogP contribution in [0.1, 0.15) is 31.4 Å². The van der Waals surface area contributed by atoms with E-state index in [1.54, 1.807) is 21.3 Å². The molecule has 134 valence electrons. The van der Waals surface area contributed by atoms with E-state index in [4.69, 9.17) is 14.2 Å². The van der Waals surface area contributed by atoms with Gasteiger partial charge in [-0.3, -0.25) is 4.90 Å². The number of hydrogen-bond donors (Lipinski definition) is 0. The Balaban J connectivity index is 1.97. The first kappa shape index (κ1) is 17.6. The quantitative estimate of drug-likeness (QED) is 0.772. The molecule has 2 aromatic rings. The first-order valence-corrected chi connectivity index (χ1v) is 8.82. The third-order valence-corrected chi connectivity index (χ3v) is 5.06. The lowest BCUT2D eigenvalue weighted by Gasteiger charge is -2.24. The van der Waals surface area contributed by atoms with Gasteiger partial charge in [0.25, 0.3) is 0 Å². The Morgan fingerprint density at radius 1 is 0.840 bits per heavy atom. The van der Waals surface area contributed by atoms with E-state index in [-0.39, 0.29) is 0 Å². The van der Waals surface area contributed by atoms with Gasteiger partial charge in [0.15, 0.2) is 11.5 Å². The van der Waals surface area contributed by atoms with Gasteiger partial charge in [-0.05, 0) is 67.7 Å². The summed E-state index contributed by atoms with van der Waals surface area (Å²) >= 11 is 0. The minimum Gasteiger partial charge on any atom is -0.493 e. The van der Waals surface area contributed by atoms with Gasteiger partial charge in [-0.2, -0.15) is 0 Å². The maximum atomic E-state index is 5.49. The standard InChI is InChI=1S/C21H27NO3/c1-15(22-10-5-6-11-22)16-8-7-9-17(12-16)18-13-19(23-2)21(25-4)20(14-18)24-3/h7-9,12-15H,5-6,10-11H2,1-4H3/t15-/m1/s1. The van der Waals surface area contributed by atoms with Crippen LogP contribution in [0.15, 0.2) is 36.4 Å². The van der Waals surface area contributed by atoms with Gasteiger partial charge in [0.1, 0.15) is 0 Å². The molecule has 0 unspecified atom stereocenters. The number of nitrogens with zero attached hydrogens (tertiary/aromatic N) is 1. The Hall–Kier alpha value is -2.20. The summed E-state index contributed by atoms with van der Waals surface area (Å²) in [6.07, 6.45) is 2.60. The molecule has 1 atom stereocenters. The van der Waals surface area contributed by atoms with Gasteiger partial charge in [0.2, 0.25) is 5.75 Å². The lowest BCUT2D eigenvalue weighted by molar-refractivity contribution is 0.263. The lowest BCUT2D eigenvalue weighted by atomic mass is 9.99. The molecule has 1 saturated heterocycles. The number of ether oxygens (including phenoxy) is 3. The van der Waals surface area contributed by atoms with E-state index in [1.807, 2.05) is 12.1 Å². The van der Waals surface area contributed by atoms with Gasteiger partial charge in [-0.15, -0.1) is 0 Å². The topological polar surface area (TPSA) is 30.9 Å². The summed E-state index contributed by atoms with van der Waals surface area (Å²) in [7, 11) is 4.91. The predicted molar refractivity (Wildman–Crippen MR) is 101 cm³/mol. The summed E-state index contributed by atoms with van der Waals surface area (Å²) in [4.78, 5) is 2.55. The first-order chi connectivity index (χ1) is 12.2. The van der Waals surface area contributed by atoms with Crippen molar-refractivity contribution < 1.29 is 14.2 Å². The highest BCUT2D eigenvalue weighted by atomic mass is 16.5. The minimum atomic E-state index is 0.435. The predicted octanol–water partition coefficient (Wildman–Crippen LogP) is 4.54. The molecule has 0 N–H and O–H groups in total. The number of methoxy groups -OCH3 is 3. The fourth-order valence-corrected chi connectivity index (χ4v) is 3.57. The van der Waals surface area contributed by atoms with E-state index < -0.39 is 0 Å². The average molecular weight is 341 g/mol. The van der Waals surface area contributed by atoms with E-state index in [0.29, 0.717) is 23.3 Å². The molecule has 4 nitrogen and oxygen atoms in total. The molecule has 3 rings (SSSR count). The van der Waals surface area contributed by atoms with E-state index >= 15 is 0 Å². The van der Waals surface area contributed by atoms with Crippen LogP contribution < -0.4 is 14.2 Å². The summed E-state index contributed by atoms with van der Waals surface area (Å²) in [5.74, 6) is 1.97. The SMILES string of the molecule is COc1cc(-c2cccc([C@@H](C)N3CCCC3)c2)cc(OC)c1OC. The molecule has 0 radical (unpaired) electrons. The molecule has 1 aliphatic heterocycles. The Morgan fingerprint density at radius 2 is 1.48 bits per heavy atom. The van der Waals surface area contributed by atoms with Crippen LogP contribution in [0.25, 0.3) is 11.1 Å². The molecule has 0 aromatic heterocycles. The Morgan fingerprint density at radius 3 is 2.04 bits per heavy atom. The second-order valence-electron chi connectivity index (χ2n) is 6.46. The van der Waals surface area contributed by atoms with Gasteiger partial charge in [-0.1, -0.05) is 18.2 Å². The van der Waals surface area contributed by atoms with Crippen LogP contribution >= 0.6 is 0 Å². The van der Waals surface area contributed by atoms with Crippen molar-refractivity contribution in [3.05, 3.63) is 42.0 Å². The van der Waals surface area contributed by atoms with Crippen molar-refractivity contribution in [1.82, 2.24) is 4.90 Å². The second kappa shape index (κ2) is 7.79. The maximum absolute atomic E-state index is 5.49. The number of hydrogen-bond acceptors (Lipinski definition) is 4. The zero-order chi connectivity index (χ0) is 17.8. The van der Waals surface area contributed by atoms with E-state index in [1.165, 1.54) is 31.5 Å². The molecule has 0 aliphatic carbocycles. The molecule has 1 heterocycles. The fourth-order valence-electron chi connectivity index (χ4n) is 3.57. The average Bonchev–Trinajstić information content (AvgIpc) is 3.21. The van der Waals surface area contributed by atoms with Gasteiger partial charge >= 0.3 is 0 Å². The molecule has 0 saturated carbocycles. The van der Waals surface area contributed by atoms with Crippen LogP contribution in [-0.2, 0) is 0 Å². The minimum absolute atomic E-state index is 0.435. The van der Waals surface area contributed by atoms with Crippen LogP contribution in [0.3, 0.4) is 0 Å². The van der Waals surface area contributed by atoms with Gasteiger partial charge < -0.3 is 14.2 Å². The van der Waals surface area contributed by atoms with Gasteiger partial charge in [-0.25, -0.2) is 0 Å². The van der Waals surface area contributed by atoms with E-state index in [9.17, 15) is 0 Å². The molecule has 0 spiro atoms. The van der Waals surface area contributed by atoms with Crippen molar-refractivity contribution in [2.75, 3.05) is 34.4 Å². The van der Waals surface area contributed by atoms with Crippen molar-refractivity contribution in [1.29, 1.82) is 0 Å². The second-order valence-corrected chi connectivity index (χ2v) is 6.46. The maximum Gasteiger partial charge on any atom is 0.203 e. The van der Waals surface area contributed by atoms with Gasteiger partial charge in [0, 0.05) is 6.04 Å². The van der Waals surface area contributed by atoms with Crippen molar-refractivity contribution >= 4 is 0 Å². The molecule has 0 bridgehead atoms. The van der Waals surface area contributed by atoms with E-state index in [0.717, 1.165) is 11.1 Å². The highest BCUT2D eigenvalue weighted by Crippen LogP contribution is 2.41. The Labute approximate surface area is 150 Å². The van der Waals surface area contributed by atoms with Crippen molar-refractivity contribution in [3.8, 4) is 28.4 Å². The largest absolute Gasteiger partial charge is 0.493 e. The highest BCUT2D eigenvalue weighted by molar-refractivity contribution is 5.71. The molecular formula is C21H27NO3. The molecule has 0 amide bonds. The first-order valence-electron chi connectivity index (χ1n) is 8.82. The highest BCUT2D eigenvalue weighted by Gasteiger charge is 2.20. The monoisotopic (exact) mass is 341 g/mol. The molecule has 4 heteroatoms. The Bertz CT molecular complexity index is 698. The third kappa shape index (κ3) is 3.59. The molecule has 25 heavy (non-hydrogen) atoms. The fraction of sp³-hybridized carbons (Fsp3) is 0.429. The normalized spacial score (nSPS) is 15.8. The van der Waals surface area contributed by atoms with Gasteiger partial charge in [0.05, 0.1) is 21.3 Å². The van der Waals surface area contributed by atoms with Crippen LogP contribution in [0.5, 0.6) is 17.2 Å². The lowest BCUT2D eigenvalue weighted by Crippen LogP contribution is -2.23. The van der Waals surface area contributed by atoms with Crippen LogP contribution in [0.4, 0.5) is 0 Å². The van der Waals surface area contributed by atoms with Crippen LogP contribution in [0.2, 0.25) is 0 Å². The van der Waals surface area contributed by atoms with Crippen molar-refractivity contribution in [2.24, 2.45) is 0 Å². The molecule has 1 aliphatic rings. The summed E-state index contributed by atoms with van der Waals surface area (Å²) in [6.45, 7) is 4.67. The number of benzene rings is 2.